The number of hydrogen-bond acceptors (Lipinski definition) is 5. The van der Waals surface area contributed by atoms with Crippen LogP contribution in [0.4, 0.5) is 5.69 Å². The number of amides is 1. The van der Waals surface area contributed by atoms with Crippen molar-refractivity contribution in [2.24, 2.45) is 0 Å². The van der Waals surface area contributed by atoms with E-state index in [4.69, 9.17) is 14.2 Å². The maximum Gasteiger partial charge on any atom is 0.238 e. The second-order valence-corrected chi connectivity index (χ2v) is 6.67. The van der Waals surface area contributed by atoms with Crippen LogP contribution in [-0.2, 0) is 4.79 Å². The van der Waals surface area contributed by atoms with Gasteiger partial charge in [0.15, 0.2) is 11.5 Å². The summed E-state index contributed by atoms with van der Waals surface area (Å²) in [6.07, 6.45) is 0. The van der Waals surface area contributed by atoms with Gasteiger partial charge in [-0.3, -0.25) is 9.69 Å². The molecule has 2 aromatic rings. The molecule has 1 atom stereocenters. The molecule has 0 N–H and O–H groups in total. The second kappa shape index (κ2) is 5.63. The molecule has 4 rings (SSSR count). The third-order valence-corrected chi connectivity index (χ3v) is 5.64. The van der Waals surface area contributed by atoms with Gasteiger partial charge in [-0.25, -0.2) is 0 Å². The van der Waals surface area contributed by atoms with Crippen molar-refractivity contribution in [2.75, 3.05) is 32.0 Å². The molecule has 1 fully saturated rings. The van der Waals surface area contributed by atoms with Crippen molar-refractivity contribution >= 4 is 23.4 Å². The van der Waals surface area contributed by atoms with Crippen LogP contribution in [0.5, 0.6) is 17.2 Å². The Morgan fingerprint density at radius 3 is 2.46 bits per heavy atom. The molecule has 0 aromatic heterocycles. The molecule has 1 unspecified atom stereocenters. The number of anilines is 1. The third kappa shape index (κ3) is 2.06. The zero-order valence-electron chi connectivity index (χ0n) is 13.7. The van der Waals surface area contributed by atoms with Gasteiger partial charge >= 0.3 is 0 Å². The van der Waals surface area contributed by atoms with E-state index in [9.17, 15) is 4.79 Å². The van der Waals surface area contributed by atoms with Gasteiger partial charge in [0, 0.05) is 11.6 Å². The van der Waals surface area contributed by atoms with Crippen molar-refractivity contribution in [2.45, 2.75) is 5.37 Å². The van der Waals surface area contributed by atoms with Gasteiger partial charge in [-0.15, -0.1) is 11.8 Å². The van der Waals surface area contributed by atoms with Gasteiger partial charge in [0.2, 0.25) is 5.91 Å². The van der Waals surface area contributed by atoms with Crippen molar-refractivity contribution in [3.8, 4) is 28.4 Å². The van der Waals surface area contributed by atoms with Crippen molar-refractivity contribution < 1.29 is 19.0 Å². The molecule has 1 amide bonds. The highest BCUT2D eigenvalue weighted by atomic mass is 32.2. The zero-order valence-corrected chi connectivity index (χ0v) is 14.5. The minimum atomic E-state index is -0.0102. The van der Waals surface area contributed by atoms with Crippen LogP contribution in [0.25, 0.3) is 11.1 Å². The molecule has 24 heavy (non-hydrogen) atoms. The number of methoxy groups -OCH3 is 3. The molecule has 0 saturated carbocycles. The standard InChI is InChI=1S/C18H17NO4S/c1-21-10-4-5-11-12(6-10)13-7-15(22-2)16(23-3)8-14(13)19-17(20)9-24-18(11)19/h4-8,18H,9H2,1-3H3. The summed E-state index contributed by atoms with van der Waals surface area (Å²) in [5.41, 5.74) is 3.99. The Kier molecular flexibility index (Phi) is 3.57. The first kappa shape index (κ1) is 15.2. The molecule has 2 aliphatic rings. The van der Waals surface area contributed by atoms with Gasteiger partial charge in [0.1, 0.15) is 11.1 Å². The molecule has 6 heteroatoms. The van der Waals surface area contributed by atoms with Gasteiger partial charge in [-0.2, -0.15) is 0 Å². The fourth-order valence-electron chi connectivity index (χ4n) is 3.31. The summed E-state index contributed by atoms with van der Waals surface area (Å²) >= 11 is 1.64. The smallest absolute Gasteiger partial charge is 0.238 e. The largest absolute Gasteiger partial charge is 0.497 e. The minimum absolute atomic E-state index is 0.0102. The Hall–Kier alpha value is -2.34. The minimum Gasteiger partial charge on any atom is -0.497 e. The van der Waals surface area contributed by atoms with Crippen LogP contribution < -0.4 is 19.1 Å². The Bertz CT molecular complexity index is 836. The highest BCUT2D eigenvalue weighted by molar-refractivity contribution is 8.00. The number of nitrogens with zero attached hydrogens (tertiary/aromatic N) is 1. The van der Waals surface area contributed by atoms with Crippen LogP contribution >= 0.6 is 11.8 Å². The first-order valence-electron chi connectivity index (χ1n) is 7.56. The van der Waals surface area contributed by atoms with E-state index >= 15 is 0 Å². The summed E-state index contributed by atoms with van der Waals surface area (Å²) in [5.74, 6) is 2.63. The number of carbonyl (C=O) groups excluding carboxylic acids is 1. The lowest BCUT2D eigenvalue weighted by atomic mass is 9.92. The van der Waals surface area contributed by atoms with Crippen LogP contribution in [0.15, 0.2) is 30.3 Å². The summed E-state index contributed by atoms with van der Waals surface area (Å²) in [7, 11) is 4.86. The van der Waals surface area contributed by atoms with Gasteiger partial charge < -0.3 is 14.2 Å². The highest BCUT2D eigenvalue weighted by Gasteiger charge is 2.41. The van der Waals surface area contributed by atoms with E-state index in [1.165, 1.54) is 0 Å². The molecule has 1 saturated heterocycles. The lowest BCUT2D eigenvalue weighted by Crippen LogP contribution is -2.31. The molecule has 0 spiro atoms. The summed E-state index contributed by atoms with van der Waals surface area (Å²) in [4.78, 5) is 14.3. The van der Waals surface area contributed by atoms with E-state index in [0.29, 0.717) is 17.3 Å². The molecule has 5 nitrogen and oxygen atoms in total. The summed E-state index contributed by atoms with van der Waals surface area (Å²) in [6, 6.07) is 9.80. The molecular weight excluding hydrogens is 326 g/mol. The predicted molar refractivity (Wildman–Crippen MR) is 94.2 cm³/mol. The lowest BCUT2D eigenvalue weighted by molar-refractivity contribution is -0.115. The fourth-order valence-corrected chi connectivity index (χ4v) is 4.51. The van der Waals surface area contributed by atoms with Crippen LogP contribution in [0, 0.1) is 0 Å². The number of fused-ring (bicyclic) bond motifs is 6. The van der Waals surface area contributed by atoms with Crippen molar-refractivity contribution in [3.63, 3.8) is 0 Å². The number of rotatable bonds is 3. The molecule has 0 radical (unpaired) electrons. The van der Waals surface area contributed by atoms with Gasteiger partial charge in [-0.1, -0.05) is 6.07 Å². The SMILES string of the molecule is COc1ccc2c(c1)-c1cc(OC)c(OC)cc1N1C(=O)CSC21. The molecule has 124 valence electrons. The molecule has 2 heterocycles. The van der Waals surface area contributed by atoms with Crippen LogP contribution in [0.1, 0.15) is 10.9 Å². The molecule has 2 aromatic carbocycles. The van der Waals surface area contributed by atoms with Crippen LogP contribution in [-0.4, -0.2) is 33.0 Å². The van der Waals surface area contributed by atoms with E-state index in [1.807, 2.05) is 35.2 Å². The Labute approximate surface area is 144 Å². The van der Waals surface area contributed by atoms with Gasteiger partial charge in [0.25, 0.3) is 0 Å². The first-order chi connectivity index (χ1) is 11.7. The Balaban J connectivity index is 2.01. The lowest BCUT2D eigenvalue weighted by Gasteiger charge is -2.34. The molecular formula is C18H17NO4S. The molecule has 2 aliphatic heterocycles. The highest BCUT2D eigenvalue weighted by Crippen LogP contribution is 2.54. The van der Waals surface area contributed by atoms with E-state index in [-0.39, 0.29) is 11.3 Å². The van der Waals surface area contributed by atoms with Crippen LogP contribution in [0.3, 0.4) is 0 Å². The second-order valence-electron chi connectivity index (χ2n) is 5.60. The molecule has 0 aliphatic carbocycles. The summed E-state index contributed by atoms with van der Waals surface area (Å²) in [6.45, 7) is 0. The van der Waals surface area contributed by atoms with Crippen LogP contribution in [0.2, 0.25) is 0 Å². The number of benzene rings is 2. The van der Waals surface area contributed by atoms with Gasteiger partial charge in [-0.05, 0) is 29.3 Å². The van der Waals surface area contributed by atoms with Gasteiger partial charge in [0.05, 0.1) is 32.8 Å². The monoisotopic (exact) mass is 343 g/mol. The topological polar surface area (TPSA) is 48.0 Å². The van der Waals surface area contributed by atoms with E-state index in [1.54, 1.807) is 33.1 Å². The number of carbonyl (C=O) groups is 1. The Morgan fingerprint density at radius 2 is 1.75 bits per heavy atom. The average Bonchev–Trinajstić information content (AvgIpc) is 3.02. The third-order valence-electron chi connectivity index (χ3n) is 4.45. The van der Waals surface area contributed by atoms with E-state index in [2.05, 4.69) is 0 Å². The normalized spacial score (nSPS) is 17.9. The van der Waals surface area contributed by atoms with Crippen molar-refractivity contribution in [1.82, 2.24) is 0 Å². The van der Waals surface area contributed by atoms with Crippen molar-refractivity contribution in [3.05, 3.63) is 35.9 Å². The quantitative estimate of drug-likeness (QED) is 0.854. The number of ether oxygens (including phenoxy) is 3. The number of thioether (sulfide) groups is 1. The van der Waals surface area contributed by atoms with E-state index in [0.717, 1.165) is 28.1 Å². The zero-order chi connectivity index (χ0) is 16.8. The summed E-state index contributed by atoms with van der Waals surface area (Å²) < 4.78 is 16.3. The first-order valence-corrected chi connectivity index (χ1v) is 8.60. The van der Waals surface area contributed by atoms with Crippen molar-refractivity contribution in [1.29, 1.82) is 0 Å². The fraction of sp³-hybridized carbons (Fsp3) is 0.278. The summed E-state index contributed by atoms with van der Waals surface area (Å²) in [5, 5.41) is -0.0102. The Morgan fingerprint density at radius 1 is 1.00 bits per heavy atom. The number of hydrogen-bond donors (Lipinski definition) is 0. The maximum atomic E-state index is 12.5. The maximum absolute atomic E-state index is 12.5. The molecule has 0 bridgehead atoms. The average molecular weight is 343 g/mol. The predicted octanol–water partition coefficient (Wildman–Crippen LogP) is 3.47. The van der Waals surface area contributed by atoms with E-state index < -0.39 is 0 Å².